The summed E-state index contributed by atoms with van der Waals surface area (Å²) < 4.78 is 0.665. The van der Waals surface area contributed by atoms with Crippen molar-refractivity contribution in [3.05, 3.63) is 30.0 Å². The van der Waals surface area contributed by atoms with Gasteiger partial charge in [0.05, 0.1) is 0 Å². The monoisotopic (exact) mass is 148 g/mol. The Bertz CT molecular complexity index is 389. The highest BCUT2D eigenvalue weighted by molar-refractivity contribution is 5.70. The largest absolute Gasteiger partial charge is 0.619 e. The molecule has 0 atom stereocenters. The fourth-order valence-electron chi connectivity index (χ4n) is 0.821. The van der Waals surface area contributed by atoms with Crippen LogP contribution in [0.3, 0.4) is 0 Å². The highest BCUT2D eigenvalue weighted by Gasteiger charge is 1.97. The van der Waals surface area contributed by atoms with Crippen LogP contribution < -0.4 is 4.73 Å². The third-order valence-electron chi connectivity index (χ3n) is 1.31. The summed E-state index contributed by atoms with van der Waals surface area (Å²) in [6, 6.07) is 1.59. The van der Waals surface area contributed by atoms with E-state index in [4.69, 9.17) is 0 Å². The Morgan fingerprint density at radius 1 is 1.36 bits per heavy atom. The van der Waals surface area contributed by atoms with Crippen molar-refractivity contribution in [2.24, 2.45) is 0 Å². The van der Waals surface area contributed by atoms with Crippen LogP contribution in [0.15, 0.2) is 24.8 Å². The summed E-state index contributed by atoms with van der Waals surface area (Å²) in [6.45, 7) is 0. The maximum atomic E-state index is 10.7. The first kappa shape index (κ1) is 5.96. The Labute approximate surface area is 61.9 Å². The van der Waals surface area contributed by atoms with Gasteiger partial charge < -0.3 is 5.21 Å². The second-order valence-corrected chi connectivity index (χ2v) is 2.04. The van der Waals surface area contributed by atoms with Crippen LogP contribution in [-0.2, 0) is 0 Å². The first-order chi connectivity index (χ1) is 5.36. The molecule has 0 N–H and O–H groups in total. The molecule has 0 aliphatic carbocycles. The summed E-state index contributed by atoms with van der Waals surface area (Å²) >= 11 is 0. The molecule has 5 heteroatoms. The average Bonchev–Trinajstić information content (AvgIpc) is 2.04. The van der Waals surface area contributed by atoms with Crippen LogP contribution >= 0.6 is 0 Å². The van der Waals surface area contributed by atoms with Crippen LogP contribution in [0.2, 0.25) is 0 Å². The van der Waals surface area contributed by atoms with Gasteiger partial charge in [0.1, 0.15) is 11.8 Å². The quantitative estimate of drug-likeness (QED) is 0.378. The minimum absolute atomic E-state index is 0.505. The number of rotatable bonds is 0. The van der Waals surface area contributed by atoms with E-state index in [0.29, 0.717) is 15.8 Å². The third-order valence-corrected chi connectivity index (χ3v) is 1.31. The van der Waals surface area contributed by atoms with Gasteiger partial charge in [0.2, 0.25) is 6.20 Å². The van der Waals surface area contributed by atoms with Gasteiger partial charge in [-0.1, -0.05) is 0 Å². The molecule has 0 aromatic carbocycles. The lowest BCUT2D eigenvalue weighted by atomic mass is 10.4. The molecule has 0 unspecified atom stereocenters. The van der Waals surface area contributed by atoms with Gasteiger partial charge in [-0.3, -0.25) is 0 Å². The van der Waals surface area contributed by atoms with E-state index in [1.54, 1.807) is 6.07 Å². The van der Waals surface area contributed by atoms with Crippen LogP contribution in [-0.4, -0.2) is 15.2 Å². The first-order valence-corrected chi connectivity index (χ1v) is 3.02. The van der Waals surface area contributed by atoms with Gasteiger partial charge in [0.15, 0.2) is 11.7 Å². The van der Waals surface area contributed by atoms with Gasteiger partial charge in [-0.15, -0.1) is 10.2 Å². The van der Waals surface area contributed by atoms with Crippen molar-refractivity contribution in [1.29, 1.82) is 0 Å². The van der Waals surface area contributed by atoms with Crippen molar-refractivity contribution in [3.63, 3.8) is 0 Å². The Morgan fingerprint density at radius 3 is 3.18 bits per heavy atom. The number of hydrogen-bond acceptors (Lipinski definition) is 4. The van der Waals surface area contributed by atoms with Crippen LogP contribution in [0.25, 0.3) is 11.0 Å². The summed E-state index contributed by atoms with van der Waals surface area (Å²) in [5.74, 6) is 0. The number of hydrogen-bond donors (Lipinski definition) is 0. The third kappa shape index (κ3) is 0.958. The fraction of sp³-hybridized carbons (Fsp3) is 0. The van der Waals surface area contributed by atoms with E-state index in [9.17, 15) is 5.21 Å². The van der Waals surface area contributed by atoms with Gasteiger partial charge in [-0.2, -0.15) is 4.73 Å². The van der Waals surface area contributed by atoms with E-state index in [1.807, 2.05) is 0 Å². The molecule has 0 fully saturated rings. The first-order valence-electron chi connectivity index (χ1n) is 3.02. The van der Waals surface area contributed by atoms with Crippen molar-refractivity contribution in [3.8, 4) is 0 Å². The molecule has 2 rings (SSSR count). The SMILES string of the molecule is [O-][n+]1ccc2ncnnc2c1. The van der Waals surface area contributed by atoms with Crippen LogP contribution in [0, 0.1) is 5.21 Å². The molecule has 2 heterocycles. The molecule has 0 amide bonds. The molecular weight excluding hydrogens is 144 g/mol. The molecule has 5 nitrogen and oxygen atoms in total. The highest BCUT2D eigenvalue weighted by atomic mass is 16.5. The Hall–Kier alpha value is -1.78. The summed E-state index contributed by atoms with van der Waals surface area (Å²) in [4.78, 5) is 3.90. The molecule has 0 radical (unpaired) electrons. The zero-order valence-corrected chi connectivity index (χ0v) is 5.51. The van der Waals surface area contributed by atoms with E-state index in [-0.39, 0.29) is 0 Å². The van der Waals surface area contributed by atoms with E-state index in [1.165, 1.54) is 18.7 Å². The van der Waals surface area contributed by atoms with Crippen molar-refractivity contribution in [1.82, 2.24) is 15.2 Å². The summed E-state index contributed by atoms with van der Waals surface area (Å²) in [7, 11) is 0. The maximum absolute atomic E-state index is 10.7. The lowest BCUT2D eigenvalue weighted by Crippen LogP contribution is -2.24. The topological polar surface area (TPSA) is 65.6 Å². The standard InChI is InChI=1S/C6H4N4O/c11-10-2-1-5-6(3-10)9-8-4-7-5/h1-4H. The summed E-state index contributed by atoms with van der Waals surface area (Å²) in [5, 5.41) is 18.0. The highest BCUT2D eigenvalue weighted by Crippen LogP contribution is 1.99. The Balaban J connectivity index is 2.83. The number of nitrogens with zero attached hydrogens (tertiary/aromatic N) is 4. The molecule has 0 aliphatic heterocycles. The van der Waals surface area contributed by atoms with E-state index >= 15 is 0 Å². The fourth-order valence-corrected chi connectivity index (χ4v) is 0.821. The van der Waals surface area contributed by atoms with Crippen LogP contribution in [0.1, 0.15) is 0 Å². The smallest absolute Gasteiger partial charge is 0.210 e. The summed E-state index contributed by atoms with van der Waals surface area (Å²) in [6.07, 6.45) is 4.05. The number of pyridine rings is 1. The van der Waals surface area contributed by atoms with E-state index in [0.717, 1.165) is 0 Å². The molecule has 11 heavy (non-hydrogen) atoms. The number of fused-ring (bicyclic) bond motifs is 1. The molecule has 0 saturated heterocycles. The normalized spacial score (nSPS) is 10.2. The molecule has 2 aromatic heterocycles. The lowest BCUT2D eigenvalue weighted by Gasteiger charge is -1.94. The minimum atomic E-state index is 0.505. The van der Waals surface area contributed by atoms with Crippen molar-refractivity contribution < 1.29 is 4.73 Å². The van der Waals surface area contributed by atoms with Crippen LogP contribution in [0.5, 0.6) is 0 Å². The molecule has 0 spiro atoms. The predicted octanol–water partition coefficient (Wildman–Crippen LogP) is -0.342. The molecule has 0 bridgehead atoms. The van der Waals surface area contributed by atoms with Gasteiger partial charge in [0.25, 0.3) is 0 Å². The minimum Gasteiger partial charge on any atom is -0.619 e. The van der Waals surface area contributed by atoms with Gasteiger partial charge in [0, 0.05) is 6.07 Å². The van der Waals surface area contributed by atoms with Crippen LogP contribution in [0.4, 0.5) is 0 Å². The maximum Gasteiger partial charge on any atom is 0.210 e. The van der Waals surface area contributed by atoms with Crippen molar-refractivity contribution in [2.75, 3.05) is 0 Å². The molecule has 0 saturated carbocycles. The average molecular weight is 148 g/mol. The molecule has 0 aliphatic rings. The van der Waals surface area contributed by atoms with Crippen molar-refractivity contribution in [2.45, 2.75) is 0 Å². The Kier molecular flexibility index (Phi) is 1.15. The second kappa shape index (κ2) is 2.12. The van der Waals surface area contributed by atoms with E-state index in [2.05, 4.69) is 15.2 Å². The van der Waals surface area contributed by atoms with Crippen molar-refractivity contribution >= 4 is 11.0 Å². The zero-order chi connectivity index (χ0) is 7.68. The second-order valence-electron chi connectivity index (χ2n) is 2.04. The summed E-state index contributed by atoms with van der Waals surface area (Å²) in [5.41, 5.74) is 1.18. The molecular formula is C6H4N4O. The van der Waals surface area contributed by atoms with Gasteiger partial charge >= 0.3 is 0 Å². The van der Waals surface area contributed by atoms with E-state index < -0.39 is 0 Å². The molecule has 54 valence electrons. The predicted molar refractivity (Wildman–Crippen MR) is 36.3 cm³/mol. The lowest BCUT2D eigenvalue weighted by molar-refractivity contribution is -0.604. The number of aromatic nitrogens is 4. The van der Waals surface area contributed by atoms with Gasteiger partial charge in [-0.05, 0) is 0 Å². The zero-order valence-electron chi connectivity index (χ0n) is 5.51. The Morgan fingerprint density at radius 2 is 2.27 bits per heavy atom. The van der Waals surface area contributed by atoms with Gasteiger partial charge in [-0.25, -0.2) is 4.98 Å². The molecule has 2 aromatic rings.